The molecule has 1 heterocycles. The number of hydrogen-bond acceptors (Lipinski definition) is 2. The molecule has 0 saturated carbocycles. The molecule has 2 N–H and O–H groups in total. The topological polar surface area (TPSA) is 37.2 Å². The Hall–Kier alpha value is -0.800. The lowest BCUT2D eigenvalue weighted by Crippen LogP contribution is -2.43. The molecule has 0 saturated heterocycles. The number of aromatic nitrogens is 1. The van der Waals surface area contributed by atoms with Crippen molar-refractivity contribution in [2.45, 2.75) is 39.3 Å². The van der Waals surface area contributed by atoms with Crippen molar-refractivity contribution in [3.05, 3.63) is 24.0 Å². The molecule has 0 bridgehead atoms. The van der Waals surface area contributed by atoms with Crippen LogP contribution >= 0.6 is 0 Å². The van der Waals surface area contributed by atoms with Crippen molar-refractivity contribution in [1.29, 1.82) is 0 Å². The summed E-state index contributed by atoms with van der Waals surface area (Å²) in [7, 11) is 2.03. The van der Waals surface area contributed by atoms with Gasteiger partial charge in [-0.15, -0.1) is 0 Å². The van der Waals surface area contributed by atoms with Crippen LogP contribution in [0.1, 0.15) is 32.9 Å². The van der Waals surface area contributed by atoms with Crippen molar-refractivity contribution >= 4 is 0 Å². The lowest BCUT2D eigenvalue weighted by atomic mass is 9.89. The molecular weight excluding hydrogens is 200 g/mol. The fraction of sp³-hybridized carbons (Fsp3) is 0.692. The minimum atomic E-state index is -0.625. The molecule has 16 heavy (non-hydrogen) atoms. The highest BCUT2D eigenvalue weighted by molar-refractivity contribution is 5.06. The van der Waals surface area contributed by atoms with Gasteiger partial charge in [-0.1, -0.05) is 20.3 Å². The molecule has 1 rings (SSSR count). The summed E-state index contributed by atoms with van der Waals surface area (Å²) in [5.74, 6) is 0.313. The zero-order valence-corrected chi connectivity index (χ0v) is 10.8. The van der Waals surface area contributed by atoms with Crippen LogP contribution in [0.25, 0.3) is 0 Å². The van der Waals surface area contributed by atoms with Gasteiger partial charge < -0.3 is 15.0 Å². The third-order valence-corrected chi connectivity index (χ3v) is 3.51. The summed E-state index contributed by atoms with van der Waals surface area (Å²) in [4.78, 5) is 0. The Morgan fingerprint density at radius 3 is 2.75 bits per heavy atom. The van der Waals surface area contributed by atoms with Crippen LogP contribution in [0.2, 0.25) is 0 Å². The highest BCUT2D eigenvalue weighted by Gasteiger charge is 2.26. The predicted molar refractivity (Wildman–Crippen MR) is 67.2 cm³/mol. The van der Waals surface area contributed by atoms with Crippen LogP contribution in [0.15, 0.2) is 18.3 Å². The van der Waals surface area contributed by atoms with Gasteiger partial charge in [0, 0.05) is 32.0 Å². The van der Waals surface area contributed by atoms with E-state index in [4.69, 9.17) is 0 Å². The molecule has 0 spiro atoms. The smallest absolute Gasteiger partial charge is 0.0768 e. The van der Waals surface area contributed by atoms with E-state index in [9.17, 15) is 5.11 Å². The number of rotatable bonds is 6. The Kier molecular flexibility index (Phi) is 4.56. The van der Waals surface area contributed by atoms with Crippen LogP contribution < -0.4 is 5.32 Å². The van der Waals surface area contributed by atoms with Crippen molar-refractivity contribution in [2.75, 3.05) is 6.54 Å². The highest BCUT2D eigenvalue weighted by Crippen LogP contribution is 2.18. The maximum atomic E-state index is 10.2. The monoisotopic (exact) mass is 224 g/mol. The molecule has 0 fully saturated rings. The van der Waals surface area contributed by atoms with Crippen LogP contribution in [0.4, 0.5) is 0 Å². The number of aliphatic hydroxyl groups is 1. The second kappa shape index (κ2) is 5.51. The van der Waals surface area contributed by atoms with Gasteiger partial charge in [0.15, 0.2) is 0 Å². The minimum Gasteiger partial charge on any atom is -0.389 e. The molecule has 2 unspecified atom stereocenters. The van der Waals surface area contributed by atoms with Gasteiger partial charge in [0.2, 0.25) is 0 Å². The Morgan fingerprint density at radius 1 is 1.56 bits per heavy atom. The Morgan fingerprint density at radius 2 is 2.25 bits per heavy atom. The van der Waals surface area contributed by atoms with Gasteiger partial charge in [-0.05, 0) is 25.0 Å². The van der Waals surface area contributed by atoms with Gasteiger partial charge in [0.05, 0.1) is 5.60 Å². The van der Waals surface area contributed by atoms with Crippen molar-refractivity contribution in [1.82, 2.24) is 9.88 Å². The summed E-state index contributed by atoms with van der Waals surface area (Å²) < 4.78 is 2.09. The van der Waals surface area contributed by atoms with E-state index in [1.807, 2.05) is 26.2 Å². The van der Waals surface area contributed by atoms with Crippen molar-refractivity contribution in [2.24, 2.45) is 13.0 Å². The summed E-state index contributed by atoms with van der Waals surface area (Å²) in [5, 5.41) is 13.5. The van der Waals surface area contributed by atoms with Gasteiger partial charge >= 0.3 is 0 Å². The van der Waals surface area contributed by atoms with E-state index in [0.717, 1.165) is 13.0 Å². The quantitative estimate of drug-likeness (QED) is 0.774. The van der Waals surface area contributed by atoms with Gasteiger partial charge in [0.25, 0.3) is 0 Å². The molecule has 3 nitrogen and oxygen atoms in total. The Labute approximate surface area is 98.5 Å². The highest BCUT2D eigenvalue weighted by atomic mass is 16.3. The maximum absolute atomic E-state index is 10.2. The molecule has 0 aliphatic rings. The van der Waals surface area contributed by atoms with Crippen molar-refractivity contribution in [3.8, 4) is 0 Å². The van der Waals surface area contributed by atoms with Gasteiger partial charge in [-0.3, -0.25) is 0 Å². The number of hydrogen-bond donors (Lipinski definition) is 2. The van der Waals surface area contributed by atoms with E-state index in [-0.39, 0.29) is 0 Å². The number of nitrogens with one attached hydrogen (secondary N) is 1. The van der Waals surface area contributed by atoms with Crippen LogP contribution in [-0.2, 0) is 13.6 Å². The first kappa shape index (κ1) is 13.3. The second-order valence-corrected chi connectivity index (χ2v) is 4.88. The fourth-order valence-electron chi connectivity index (χ4n) is 1.74. The first-order chi connectivity index (χ1) is 7.47. The van der Waals surface area contributed by atoms with E-state index < -0.39 is 5.60 Å². The third-order valence-electron chi connectivity index (χ3n) is 3.51. The average molecular weight is 224 g/mol. The minimum absolute atomic E-state index is 0.313. The molecule has 1 aromatic heterocycles. The van der Waals surface area contributed by atoms with Crippen molar-refractivity contribution in [3.63, 3.8) is 0 Å². The van der Waals surface area contributed by atoms with Gasteiger partial charge in [0.1, 0.15) is 0 Å². The zero-order valence-electron chi connectivity index (χ0n) is 10.8. The maximum Gasteiger partial charge on any atom is 0.0768 e. The lowest BCUT2D eigenvalue weighted by Gasteiger charge is -2.30. The molecule has 0 aromatic carbocycles. The molecule has 2 atom stereocenters. The zero-order chi connectivity index (χ0) is 12.2. The molecule has 0 aliphatic carbocycles. The molecular formula is C13H24N2O. The van der Waals surface area contributed by atoms with Crippen LogP contribution in [0.5, 0.6) is 0 Å². The first-order valence-corrected chi connectivity index (χ1v) is 6.00. The van der Waals surface area contributed by atoms with E-state index in [1.54, 1.807) is 0 Å². The second-order valence-electron chi connectivity index (χ2n) is 4.88. The largest absolute Gasteiger partial charge is 0.389 e. The van der Waals surface area contributed by atoms with Gasteiger partial charge in [-0.25, -0.2) is 0 Å². The first-order valence-electron chi connectivity index (χ1n) is 6.00. The average Bonchev–Trinajstić information content (AvgIpc) is 2.63. The fourth-order valence-corrected chi connectivity index (χ4v) is 1.74. The summed E-state index contributed by atoms with van der Waals surface area (Å²) in [6.07, 6.45) is 3.03. The van der Waals surface area contributed by atoms with Crippen molar-refractivity contribution < 1.29 is 5.11 Å². The molecule has 0 aliphatic heterocycles. The van der Waals surface area contributed by atoms with Crippen LogP contribution in [0.3, 0.4) is 0 Å². The summed E-state index contributed by atoms with van der Waals surface area (Å²) in [5.41, 5.74) is 0.611. The standard InChI is InChI=1S/C13H24N2O/c1-5-11(2)13(3,16)10-14-9-12-7-6-8-15(12)4/h6-8,11,14,16H,5,9-10H2,1-4H3. The Balaban J connectivity index is 2.38. The van der Waals surface area contributed by atoms with E-state index in [1.165, 1.54) is 5.69 Å². The molecule has 92 valence electrons. The van der Waals surface area contributed by atoms with E-state index in [0.29, 0.717) is 12.5 Å². The third kappa shape index (κ3) is 3.35. The molecule has 0 amide bonds. The molecule has 0 radical (unpaired) electrons. The summed E-state index contributed by atoms with van der Waals surface area (Å²) in [6.45, 7) is 7.53. The Bertz CT molecular complexity index is 317. The predicted octanol–water partition coefficient (Wildman–Crippen LogP) is 1.91. The lowest BCUT2D eigenvalue weighted by molar-refractivity contribution is 0.00525. The molecule has 1 aromatic rings. The van der Waals surface area contributed by atoms with E-state index in [2.05, 4.69) is 29.8 Å². The number of nitrogens with zero attached hydrogens (tertiary/aromatic N) is 1. The number of aryl methyl sites for hydroxylation is 1. The van der Waals surface area contributed by atoms with Crippen LogP contribution in [-0.4, -0.2) is 21.8 Å². The summed E-state index contributed by atoms with van der Waals surface area (Å²) >= 11 is 0. The normalized spacial score (nSPS) is 17.1. The SMILES string of the molecule is CCC(C)C(C)(O)CNCc1cccn1C. The van der Waals surface area contributed by atoms with E-state index >= 15 is 0 Å². The van der Waals surface area contributed by atoms with Gasteiger partial charge in [-0.2, -0.15) is 0 Å². The van der Waals surface area contributed by atoms with Crippen LogP contribution in [0, 0.1) is 5.92 Å². The molecule has 3 heteroatoms. The summed E-state index contributed by atoms with van der Waals surface area (Å²) in [6, 6.07) is 4.12.